The average molecular weight is 282 g/mol. The highest BCUT2D eigenvalue weighted by Gasteiger charge is 2.21. The van der Waals surface area contributed by atoms with Crippen LogP contribution in [0.25, 0.3) is 0 Å². The molecule has 1 aromatic rings. The lowest BCUT2D eigenvalue weighted by atomic mass is 10.3. The zero-order valence-corrected chi connectivity index (χ0v) is 12.1. The summed E-state index contributed by atoms with van der Waals surface area (Å²) in [7, 11) is 3.04. The Morgan fingerprint density at radius 3 is 2.40 bits per heavy atom. The van der Waals surface area contributed by atoms with Gasteiger partial charge in [-0.1, -0.05) is 0 Å². The monoisotopic (exact) mass is 282 g/mol. The maximum Gasteiger partial charge on any atom is 0.346 e. The number of aromatic nitrogens is 3. The Morgan fingerprint density at radius 2 is 1.80 bits per heavy atom. The highest BCUT2D eigenvalue weighted by atomic mass is 16.2. The van der Waals surface area contributed by atoms with Gasteiger partial charge in [0.1, 0.15) is 0 Å². The van der Waals surface area contributed by atoms with Gasteiger partial charge in [-0.15, -0.1) is 5.10 Å². The molecule has 20 heavy (non-hydrogen) atoms. The van der Waals surface area contributed by atoms with Crippen LogP contribution < -0.4 is 21.9 Å². The number of nitrogens with zero attached hydrogens (tertiary/aromatic N) is 5. The molecule has 1 aliphatic heterocycles. The first-order valence-electron chi connectivity index (χ1n) is 6.86. The molecule has 2 heterocycles. The number of anilines is 1. The maximum atomic E-state index is 12.1. The molecule has 0 aliphatic carbocycles. The summed E-state index contributed by atoms with van der Waals surface area (Å²) in [6.07, 6.45) is 0.986. The number of nitrogens with two attached hydrogens (primary N) is 1. The lowest BCUT2D eigenvalue weighted by Crippen LogP contribution is -2.51. The molecular weight excluding hydrogens is 260 g/mol. The number of hydrogen-bond acceptors (Lipinski definition) is 6. The molecule has 0 radical (unpaired) electrons. The molecule has 8 nitrogen and oxygen atoms in total. The smallest absolute Gasteiger partial charge is 0.346 e. The second-order valence-electron chi connectivity index (χ2n) is 5.06. The molecule has 0 spiro atoms. The minimum atomic E-state index is -0.402. The first-order valence-corrected chi connectivity index (χ1v) is 6.86. The van der Waals surface area contributed by atoms with Gasteiger partial charge in [-0.2, -0.15) is 0 Å². The Labute approximate surface area is 117 Å². The number of piperazine rings is 1. The van der Waals surface area contributed by atoms with Crippen molar-refractivity contribution in [1.82, 2.24) is 19.2 Å². The number of aryl methyl sites for hydroxylation is 1. The van der Waals surface area contributed by atoms with Crippen LogP contribution in [-0.4, -0.2) is 58.5 Å². The third kappa shape index (κ3) is 2.91. The molecule has 1 fully saturated rings. The Morgan fingerprint density at radius 1 is 1.15 bits per heavy atom. The van der Waals surface area contributed by atoms with Gasteiger partial charge in [0, 0.05) is 40.3 Å². The summed E-state index contributed by atoms with van der Waals surface area (Å²) in [5.74, 6) is 0.355. The quantitative estimate of drug-likeness (QED) is 0.684. The summed E-state index contributed by atoms with van der Waals surface area (Å²) in [6, 6.07) is 0. The zero-order chi connectivity index (χ0) is 14.7. The van der Waals surface area contributed by atoms with Crippen LogP contribution in [-0.2, 0) is 14.1 Å². The standard InChI is InChI=1S/C12H22N6O2/c1-15-11(19)10(14-16(2)12(15)20)18-8-6-17(7-9-18)5-3-4-13/h3-9,13H2,1-2H3. The van der Waals surface area contributed by atoms with Crippen LogP contribution in [0, 0.1) is 0 Å². The van der Waals surface area contributed by atoms with Gasteiger partial charge in [0.15, 0.2) is 0 Å². The van der Waals surface area contributed by atoms with Gasteiger partial charge >= 0.3 is 5.69 Å². The van der Waals surface area contributed by atoms with Crippen LogP contribution in [0.1, 0.15) is 6.42 Å². The third-order valence-corrected chi connectivity index (χ3v) is 3.65. The highest BCUT2D eigenvalue weighted by Crippen LogP contribution is 2.07. The van der Waals surface area contributed by atoms with Crippen molar-refractivity contribution in [1.29, 1.82) is 0 Å². The minimum absolute atomic E-state index is 0.330. The van der Waals surface area contributed by atoms with Crippen molar-refractivity contribution in [3.05, 3.63) is 20.8 Å². The van der Waals surface area contributed by atoms with Crippen molar-refractivity contribution in [2.24, 2.45) is 19.8 Å². The van der Waals surface area contributed by atoms with E-state index in [2.05, 4.69) is 10.00 Å². The van der Waals surface area contributed by atoms with E-state index in [1.165, 1.54) is 11.7 Å². The van der Waals surface area contributed by atoms with E-state index in [-0.39, 0.29) is 5.56 Å². The summed E-state index contributed by atoms with van der Waals surface area (Å²) < 4.78 is 2.31. The van der Waals surface area contributed by atoms with Crippen LogP contribution >= 0.6 is 0 Å². The molecule has 2 N–H and O–H groups in total. The molecule has 0 bridgehead atoms. The summed E-state index contributed by atoms with van der Waals surface area (Å²) in [4.78, 5) is 28.0. The fourth-order valence-electron chi connectivity index (χ4n) is 2.38. The molecule has 0 unspecified atom stereocenters. The predicted octanol–water partition coefficient (Wildman–Crippen LogP) is -2.05. The number of hydrogen-bond donors (Lipinski definition) is 1. The first kappa shape index (κ1) is 14.7. The topological polar surface area (TPSA) is 89.4 Å². The van der Waals surface area contributed by atoms with E-state index >= 15 is 0 Å². The van der Waals surface area contributed by atoms with E-state index in [0.717, 1.165) is 43.7 Å². The van der Waals surface area contributed by atoms with E-state index in [1.54, 1.807) is 7.05 Å². The third-order valence-electron chi connectivity index (χ3n) is 3.65. The molecule has 0 saturated carbocycles. The first-order chi connectivity index (χ1) is 9.54. The van der Waals surface area contributed by atoms with E-state index in [9.17, 15) is 9.59 Å². The average Bonchev–Trinajstić information content (AvgIpc) is 2.47. The predicted molar refractivity (Wildman–Crippen MR) is 77.0 cm³/mol. The van der Waals surface area contributed by atoms with E-state index in [1.807, 2.05) is 4.90 Å². The molecule has 0 amide bonds. The van der Waals surface area contributed by atoms with Crippen molar-refractivity contribution in [2.75, 3.05) is 44.2 Å². The van der Waals surface area contributed by atoms with Crippen molar-refractivity contribution < 1.29 is 0 Å². The highest BCUT2D eigenvalue weighted by molar-refractivity contribution is 5.35. The van der Waals surface area contributed by atoms with Crippen LogP contribution in [0.4, 0.5) is 5.82 Å². The van der Waals surface area contributed by atoms with Crippen molar-refractivity contribution in [3.8, 4) is 0 Å². The van der Waals surface area contributed by atoms with Gasteiger partial charge in [-0.3, -0.25) is 14.3 Å². The lowest BCUT2D eigenvalue weighted by Gasteiger charge is -2.34. The van der Waals surface area contributed by atoms with Crippen LogP contribution in [0.15, 0.2) is 9.59 Å². The van der Waals surface area contributed by atoms with E-state index < -0.39 is 5.69 Å². The molecule has 1 saturated heterocycles. The van der Waals surface area contributed by atoms with Gasteiger partial charge in [-0.05, 0) is 19.5 Å². The Hall–Kier alpha value is -1.67. The molecule has 0 aromatic carbocycles. The molecule has 1 aliphatic rings. The SMILES string of the molecule is Cn1nc(N2CCN(CCCN)CC2)c(=O)n(C)c1=O. The second kappa shape index (κ2) is 6.19. The van der Waals surface area contributed by atoms with Crippen LogP contribution in [0.2, 0.25) is 0 Å². The van der Waals surface area contributed by atoms with Crippen molar-refractivity contribution in [3.63, 3.8) is 0 Å². The van der Waals surface area contributed by atoms with E-state index in [0.29, 0.717) is 12.4 Å². The van der Waals surface area contributed by atoms with Gasteiger partial charge in [-0.25, -0.2) is 9.48 Å². The molecule has 2 rings (SSSR count). The van der Waals surface area contributed by atoms with Gasteiger partial charge in [0.25, 0.3) is 5.56 Å². The summed E-state index contributed by atoms with van der Waals surface area (Å²) in [6.45, 7) is 4.93. The van der Waals surface area contributed by atoms with Gasteiger partial charge in [0.2, 0.25) is 5.82 Å². The molecular formula is C12H22N6O2. The maximum absolute atomic E-state index is 12.1. The lowest BCUT2D eigenvalue weighted by molar-refractivity contribution is 0.255. The van der Waals surface area contributed by atoms with Gasteiger partial charge in [0.05, 0.1) is 0 Å². The van der Waals surface area contributed by atoms with Crippen LogP contribution in [0.5, 0.6) is 0 Å². The second-order valence-corrected chi connectivity index (χ2v) is 5.06. The van der Waals surface area contributed by atoms with Crippen LogP contribution in [0.3, 0.4) is 0 Å². The summed E-state index contributed by atoms with van der Waals surface area (Å²) in [5.41, 5.74) is 4.78. The molecule has 1 aromatic heterocycles. The van der Waals surface area contributed by atoms with Gasteiger partial charge < -0.3 is 10.6 Å². The van der Waals surface area contributed by atoms with Crippen molar-refractivity contribution in [2.45, 2.75) is 6.42 Å². The fourth-order valence-corrected chi connectivity index (χ4v) is 2.38. The van der Waals surface area contributed by atoms with Crippen molar-refractivity contribution >= 4 is 5.82 Å². The fraction of sp³-hybridized carbons (Fsp3) is 0.750. The Kier molecular flexibility index (Phi) is 4.56. The summed E-state index contributed by atoms with van der Waals surface area (Å²) in [5, 5.41) is 4.10. The largest absolute Gasteiger partial charge is 0.348 e. The minimum Gasteiger partial charge on any atom is -0.348 e. The normalized spacial score (nSPS) is 16.6. The Balaban J connectivity index is 2.12. The van der Waals surface area contributed by atoms with E-state index in [4.69, 9.17) is 5.73 Å². The summed E-state index contributed by atoms with van der Waals surface area (Å²) >= 11 is 0. The molecule has 8 heteroatoms. The zero-order valence-electron chi connectivity index (χ0n) is 12.1. The Bertz CT molecular complexity index is 570. The molecule has 112 valence electrons. The number of rotatable bonds is 4. The molecule has 0 atom stereocenters.